The molecule has 4 fully saturated rings. The van der Waals surface area contributed by atoms with E-state index in [2.05, 4.69) is 12.2 Å². The Bertz CT molecular complexity index is 991. The zero-order valence-electron chi connectivity index (χ0n) is 21.0. The zero-order valence-corrected chi connectivity index (χ0v) is 21.0. The van der Waals surface area contributed by atoms with Crippen molar-refractivity contribution in [2.24, 2.45) is 22.3 Å². The zero-order chi connectivity index (χ0) is 26.3. The molecule has 3 aliphatic heterocycles. The maximum absolute atomic E-state index is 13.2. The number of barbiturate groups is 1. The SMILES string of the molecule is CCCCN1C(=O)C(=C(N)N)C(=O)N(C2CCC(C)(CN3CC4(CCOC4)C(=O)NC3=O)CC2)C1=O. The van der Waals surface area contributed by atoms with E-state index in [1.165, 1.54) is 0 Å². The third kappa shape index (κ3) is 4.54. The summed E-state index contributed by atoms with van der Waals surface area (Å²) >= 11 is 0. The Balaban J connectivity index is 1.46. The lowest BCUT2D eigenvalue weighted by molar-refractivity contribution is -0.138. The van der Waals surface area contributed by atoms with Gasteiger partial charge in [0.1, 0.15) is 11.4 Å². The Hall–Kier alpha value is -3.15. The first-order valence-corrected chi connectivity index (χ1v) is 12.6. The molecule has 4 rings (SSSR count). The maximum atomic E-state index is 13.2. The van der Waals surface area contributed by atoms with Crippen LogP contribution in [0.1, 0.15) is 58.8 Å². The van der Waals surface area contributed by atoms with Crippen LogP contribution >= 0.6 is 0 Å². The van der Waals surface area contributed by atoms with Crippen molar-refractivity contribution in [3.05, 3.63) is 11.4 Å². The van der Waals surface area contributed by atoms with E-state index in [0.717, 1.165) is 16.2 Å². The molecule has 12 heteroatoms. The van der Waals surface area contributed by atoms with Crippen LogP contribution in [0.4, 0.5) is 9.59 Å². The fourth-order valence-corrected chi connectivity index (χ4v) is 5.77. The summed E-state index contributed by atoms with van der Waals surface area (Å²) in [5.74, 6) is -2.16. The van der Waals surface area contributed by atoms with Crippen LogP contribution in [0.15, 0.2) is 11.4 Å². The van der Waals surface area contributed by atoms with Gasteiger partial charge in [-0.2, -0.15) is 0 Å². The number of ether oxygens (including phenoxy) is 1. The Kier molecular flexibility index (Phi) is 7.00. The predicted molar refractivity (Wildman–Crippen MR) is 128 cm³/mol. The summed E-state index contributed by atoms with van der Waals surface area (Å²) < 4.78 is 5.46. The van der Waals surface area contributed by atoms with Crippen LogP contribution in [-0.4, -0.2) is 83.4 Å². The van der Waals surface area contributed by atoms with Gasteiger partial charge in [0.05, 0.1) is 12.0 Å². The van der Waals surface area contributed by atoms with Crippen LogP contribution in [0, 0.1) is 10.8 Å². The van der Waals surface area contributed by atoms with E-state index in [9.17, 15) is 24.0 Å². The average molecular weight is 505 g/mol. The number of carbonyl (C=O) groups is 5. The van der Waals surface area contributed by atoms with E-state index in [1.807, 2.05) is 6.92 Å². The smallest absolute Gasteiger partial charge is 0.334 e. The number of unbranched alkanes of at least 4 members (excludes halogenated alkanes) is 1. The summed E-state index contributed by atoms with van der Waals surface area (Å²) in [5.41, 5.74) is 10.0. The number of amides is 7. The van der Waals surface area contributed by atoms with Crippen LogP contribution in [0.3, 0.4) is 0 Å². The quantitative estimate of drug-likeness (QED) is 0.349. The molecule has 0 aromatic rings. The van der Waals surface area contributed by atoms with Crippen LogP contribution in [0.25, 0.3) is 0 Å². The standard InChI is InChI=1S/C24H36N6O6/c1-3-4-10-29-18(31)16(17(25)26)19(32)30(22(29)35)15-5-7-23(2,8-6-15)12-28-13-24(9-11-36-14-24)20(33)27-21(28)34/h15H,3-14,25-26H2,1-2H3,(H,27,33,34). The molecule has 1 spiro atoms. The second-order valence-corrected chi connectivity index (χ2v) is 10.8. The Morgan fingerprint density at radius 2 is 1.78 bits per heavy atom. The molecule has 3 saturated heterocycles. The van der Waals surface area contributed by atoms with E-state index < -0.39 is 35.3 Å². The van der Waals surface area contributed by atoms with Crippen molar-refractivity contribution >= 4 is 29.8 Å². The predicted octanol–water partition coefficient (Wildman–Crippen LogP) is 0.614. The highest BCUT2D eigenvalue weighted by molar-refractivity contribution is 6.29. The topological polar surface area (TPSA) is 168 Å². The number of urea groups is 2. The minimum atomic E-state index is -0.747. The minimum absolute atomic E-state index is 0.188. The Morgan fingerprint density at radius 1 is 1.08 bits per heavy atom. The second-order valence-electron chi connectivity index (χ2n) is 10.8. The number of nitrogens with two attached hydrogens (primary N) is 2. The van der Waals surface area contributed by atoms with Crippen LogP contribution < -0.4 is 16.8 Å². The lowest BCUT2D eigenvalue weighted by Gasteiger charge is -2.47. The van der Waals surface area contributed by atoms with Gasteiger partial charge in [-0.1, -0.05) is 20.3 Å². The van der Waals surface area contributed by atoms with E-state index in [-0.39, 0.29) is 29.3 Å². The summed E-state index contributed by atoms with van der Waals surface area (Å²) in [6.45, 7) is 5.76. The minimum Gasteiger partial charge on any atom is -0.385 e. The van der Waals surface area contributed by atoms with Crippen molar-refractivity contribution < 1.29 is 28.7 Å². The summed E-state index contributed by atoms with van der Waals surface area (Å²) in [6.07, 6.45) is 4.29. The second kappa shape index (κ2) is 9.72. The summed E-state index contributed by atoms with van der Waals surface area (Å²) in [5, 5.41) is 2.49. The molecule has 1 saturated carbocycles. The molecular formula is C24H36N6O6. The van der Waals surface area contributed by atoms with Crippen molar-refractivity contribution in [3.63, 3.8) is 0 Å². The molecule has 36 heavy (non-hydrogen) atoms. The van der Waals surface area contributed by atoms with Crippen LogP contribution in [0.2, 0.25) is 0 Å². The van der Waals surface area contributed by atoms with Crippen LogP contribution in [-0.2, 0) is 19.1 Å². The van der Waals surface area contributed by atoms with Gasteiger partial charge in [0, 0.05) is 32.3 Å². The normalized spacial score (nSPS) is 31.5. The molecule has 12 nitrogen and oxygen atoms in total. The van der Waals surface area contributed by atoms with Gasteiger partial charge in [-0.15, -0.1) is 0 Å². The van der Waals surface area contributed by atoms with Gasteiger partial charge in [0.15, 0.2) is 0 Å². The molecule has 0 aromatic heterocycles. The highest BCUT2D eigenvalue weighted by atomic mass is 16.5. The summed E-state index contributed by atoms with van der Waals surface area (Å²) in [4.78, 5) is 68.1. The van der Waals surface area contributed by atoms with Gasteiger partial charge in [-0.25, -0.2) is 9.59 Å². The van der Waals surface area contributed by atoms with E-state index in [1.54, 1.807) is 4.90 Å². The molecule has 0 bridgehead atoms. The highest BCUT2D eigenvalue weighted by Gasteiger charge is 2.51. The number of carbonyl (C=O) groups excluding carboxylic acids is 5. The molecule has 0 aromatic carbocycles. The fourth-order valence-electron chi connectivity index (χ4n) is 5.77. The molecule has 5 N–H and O–H groups in total. The van der Waals surface area contributed by atoms with Crippen LogP contribution in [0.5, 0.6) is 0 Å². The van der Waals surface area contributed by atoms with E-state index in [0.29, 0.717) is 64.8 Å². The van der Waals surface area contributed by atoms with Crippen molar-refractivity contribution in [2.45, 2.75) is 64.8 Å². The molecule has 3 heterocycles. The lowest BCUT2D eigenvalue weighted by Crippen LogP contribution is -2.63. The van der Waals surface area contributed by atoms with Gasteiger partial charge in [-0.05, 0) is 43.9 Å². The summed E-state index contributed by atoms with van der Waals surface area (Å²) in [7, 11) is 0. The van der Waals surface area contributed by atoms with Gasteiger partial charge >= 0.3 is 12.1 Å². The molecule has 1 aliphatic carbocycles. The highest BCUT2D eigenvalue weighted by Crippen LogP contribution is 2.41. The Morgan fingerprint density at radius 3 is 2.36 bits per heavy atom. The molecule has 7 amide bonds. The maximum Gasteiger partial charge on any atom is 0.334 e. The average Bonchev–Trinajstić information content (AvgIpc) is 3.28. The molecule has 1 unspecified atom stereocenters. The molecule has 4 aliphatic rings. The number of hydrogen-bond acceptors (Lipinski definition) is 8. The van der Waals surface area contributed by atoms with Crippen molar-refractivity contribution in [1.82, 2.24) is 20.0 Å². The van der Waals surface area contributed by atoms with Crippen molar-refractivity contribution in [2.75, 3.05) is 32.8 Å². The molecular weight excluding hydrogens is 468 g/mol. The Labute approximate surface area is 210 Å². The van der Waals surface area contributed by atoms with E-state index >= 15 is 0 Å². The van der Waals surface area contributed by atoms with Gasteiger partial charge in [0.2, 0.25) is 5.91 Å². The fraction of sp³-hybridized carbons (Fsp3) is 0.708. The van der Waals surface area contributed by atoms with Crippen molar-refractivity contribution in [3.8, 4) is 0 Å². The van der Waals surface area contributed by atoms with Gasteiger partial charge in [-0.3, -0.25) is 29.5 Å². The third-order valence-corrected chi connectivity index (χ3v) is 8.04. The lowest BCUT2D eigenvalue weighted by atomic mass is 9.72. The monoisotopic (exact) mass is 504 g/mol. The molecule has 1 atom stereocenters. The molecule has 198 valence electrons. The largest absolute Gasteiger partial charge is 0.385 e. The first-order chi connectivity index (χ1) is 17.0. The number of rotatable bonds is 6. The van der Waals surface area contributed by atoms with E-state index in [4.69, 9.17) is 16.2 Å². The third-order valence-electron chi connectivity index (χ3n) is 8.04. The number of nitrogens with zero attached hydrogens (tertiary/aromatic N) is 3. The first kappa shape index (κ1) is 25.9. The number of nitrogens with one attached hydrogen (secondary N) is 1. The van der Waals surface area contributed by atoms with Gasteiger partial charge < -0.3 is 21.1 Å². The number of hydrogen-bond donors (Lipinski definition) is 3. The van der Waals surface area contributed by atoms with Gasteiger partial charge in [0.25, 0.3) is 11.8 Å². The molecule has 0 radical (unpaired) electrons. The van der Waals surface area contributed by atoms with Crippen molar-refractivity contribution in [1.29, 1.82) is 0 Å². The number of imide groups is 3. The summed E-state index contributed by atoms with van der Waals surface area (Å²) in [6, 6.07) is -1.44. The first-order valence-electron chi connectivity index (χ1n) is 12.6.